The number of aromatic amines is 1. The van der Waals surface area contributed by atoms with E-state index in [4.69, 9.17) is 4.52 Å². The Balaban J connectivity index is 1.45. The van der Waals surface area contributed by atoms with Crippen molar-refractivity contribution in [2.75, 3.05) is 13.1 Å². The second-order valence-electron chi connectivity index (χ2n) is 7.26. The fourth-order valence-corrected chi connectivity index (χ4v) is 3.78. The molecule has 1 fully saturated rings. The minimum absolute atomic E-state index is 0.00558. The average molecular weight is 383 g/mol. The Hall–Kier alpha value is -3.03. The molecule has 1 amide bonds. The summed E-state index contributed by atoms with van der Waals surface area (Å²) in [6.07, 6.45) is 2.46. The second-order valence-corrected chi connectivity index (χ2v) is 7.26. The van der Waals surface area contributed by atoms with Crippen LogP contribution in [0, 0.1) is 25.6 Å². The van der Waals surface area contributed by atoms with Crippen LogP contribution in [0.2, 0.25) is 0 Å². The van der Waals surface area contributed by atoms with Crippen LogP contribution in [0.3, 0.4) is 0 Å². The molecule has 1 aromatic carbocycles. The predicted octanol–water partition coefficient (Wildman–Crippen LogP) is 3.31. The Morgan fingerprint density at radius 3 is 2.93 bits per heavy atom. The van der Waals surface area contributed by atoms with Crippen molar-refractivity contribution in [3.8, 4) is 11.4 Å². The molecule has 1 aliphatic heterocycles. The normalized spacial score (nSPS) is 17.1. The Bertz CT molecular complexity index is 977. The summed E-state index contributed by atoms with van der Waals surface area (Å²) in [4.78, 5) is 19.1. The minimum Gasteiger partial charge on any atom is -0.339 e. The van der Waals surface area contributed by atoms with E-state index in [1.807, 2.05) is 18.7 Å². The van der Waals surface area contributed by atoms with Gasteiger partial charge in [0.15, 0.2) is 0 Å². The lowest BCUT2D eigenvalue weighted by molar-refractivity contribution is 0.0666. The first kappa shape index (κ1) is 18.3. The molecule has 0 aliphatic carbocycles. The highest BCUT2D eigenvalue weighted by Crippen LogP contribution is 2.25. The molecule has 1 unspecified atom stereocenters. The Morgan fingerprint density at radius 1 is 1.36 bits per heavy atom. The van der Waals surface area contributed by atoms with E-state index in [9.17, 15) is 9.18 Å². The third-order valence-corrected chi connectivity index (χ3v) is 5.19. The van der Waals surface area contributed by atoms with E-state index in [1.165, 1.54) is 6.07 Å². The maximum atomic E-state index is 13.9. The minimum atomic E-state index is -0.380. The lowest BCUT2D eigenvalue weighted by Crippen LogP contribution is -2.40. The average Bonchev–Trinajstić information content (AvgIpc) is 3.28. The van der Waals surface area contributed by atoms with E-state index in [-0.39, 0.29) is 23.5 Å². The number of benzene rings is 1. The summed E-state index contributed by atoms with van der Waals surface area (Å²) in [6.45, 7) is 5.04. The number of aryl methyl sites for hydroxylation is 2. The summed E-state index contributed by atoms with van der Waals surface area (Å²) in [5.41, 5.74) is 2.48. The van der Waals surface area contributed by atoms with Crippen molar-refractivity contribution in [3.05, 3.63) is 52.9 Å². The summed E-state index contributed by atoms with van der Waals surface area (Å²) < 4.78 is 19.2. The Kier molecular flexibility index (Phi) is 4.93. The standard InChI is InChI=1S/C20H22FN5O2/c1-12-18(13(2)24-23-12)20(27)26-9-5-6-14(11-26)10-17-22-19(25-28-17)15-7-3-4-8-16(15)21/h3-4,7-8,14H,5-6,9-11H2,1-2H3,(H,23,24). The molecule has 7 nitrogen and oxygen atoms in total. The van der Waals surface area contributed by atoms with Crippen molar-refractivity contribution in [3.63, 3.8) is 0 Å². The van der Waals surface area contributed by atoms with Crippen LogP contribution in [0.4, 0.5) is 4.39 Å². The van der Waals surface area contributed by atoms with E-state index < -0.39 is 0 Å². The fourth-order valence-electron chi connectivity index (χ4n) is 3.78. The molecule has 0 saturated carbocycles. The first-order chi connectivity index (χ1) is 13.5. The van der Waals surface area contributed by atoms with Crippen LogP contribution in [-0.4, -0.2) is 44.2 Å². The number of hydrogen-bond acceptors (Lipinski definition) is 5. The summed E-state index contributed by atoms with van der Waals surface area (Å²) in [5, 5.41) is 10.9. The zero-order valence-corrected chi connectivity index (χ0v) is 15.9. The molecule has 3 heterocycles. The summed E-state index contributed by atoms with van der Waals surface area (Å²) in [6, 6.07) is 6.35. The van der Waals surface area contributed by atoms with Crippen LogP contribution in [0.15, 0.2) is 28.8 Å². The smallest absolute Gasteiger partial charge is 0.257 e. The SMILES string of the molecule is Cc1n[nH]c(C)c1C(=O)N1CCCC(Cc2nc(-c3ccccc3F)no2)C1. The van der Waals surface area contributed by atoms with Gasteiger partial charge in [0.2, 0.25) is 11.7 Å². The molecular weight excluding hydrogens is 361 g/mol. The maximum Gasteiger partial charge on any atom is 0.257 e. The number of nitrogens with one attached hydrogen (secondary N) is 1. The van der Waals surface area contributed by atoms with Crippen LogP contribution in [0.25, 0.3) is 11.4 Å². The Labute approximate surface area is 161 Å². The number of rotatable bonds is 4. The number of halogens is 1. The van der Waals surface area contributed by atoms with E-state index >= 15 is 0 Å². The molecule has 28 heavy (non-hydrogen) atoms. The first-order valence-electron chi connectivity index (χ1n) is 9.41. The molecule has 0 radical (unpaired) electrons. The lowest BCUT2D eigenvalue weighted by Gasteiger charge is -2.32. The summed E-state index contributed by atoms with van der Waals surface area (Å²) in [7, 11) is 0. The van der Waals surface area contributed by atoms with Gasteiger partial charge >= 0.3 is 0 Å². The molecule has 4 rings (SSSR count). The van der Waals surface area contributed by atoms with Crippen LogP contribution < -0.4 is 0 Å². The number of nitrogens with zero attached hydrogens (tertiary/aromatic N) is 4. The highest BCUT2D eigenvalue weighted by Gasteiger charge is 2.28. The van der Waals surface area contributed by atoms with Crippen molar-refractivity contribution < 1.29 is 13.7 Å². The zero-order chi connectivity index (χ0) is 19.7. The number of carbonyl (C=O) groups excluding carboxylic acids is 1. The fraction of sp³-hybridized carbons (Fsp3) is 0.400. The number of piperidine rings is 1. The summed E-state index contributed by atoms with van der Waals surface area (Å²) >= 11 is 0. The topological polar surface area (TPSA) is 87.9 Å². The van der Waals surface area contributed by atoms with Crippen molar-refractivity contribution in [2.24, 2.45) is 5.92 Å². The van der Waals surface area contributed by atoms with Gasteiger partial charge in [0.25, 0.3) is 5.91 Å². The van der Waals surface area contributed by atoms with Gasteiger partial charge in [-0.2, -0.15) is 10.1 Å². The van der Waals surface area contributed by atoms with Crippen LogP contribution in [0.1, 0.15) is 40.5 Å². The van der Waals surface area contributed by atoms with E-state index in [2.05, 4.69) is 20.3 Å². The molecule has 1 N–H and O–H groups in total. The summed E-state index contributed by atoms with van der Waals surface area (Å²) in [5.74, 6) is 0.565. The molecule has 1 atom stereocenters. The Morgan fingerprint density at radius 2 is 2.18 bits per heavy atom. The third kappa shape index (κ3) is 3.54. The molecule has 0 bridgehead atoms. The van der Waals surface area contributed by atoms with E-state index in [0.29, 0.717) is 30.0 Å². The number of likely N-dealkylation sites (tertiary alicyclic amines) is 1. The highest BCUT2D eigenvalue weighted by atomic mass is 19.1. The van der Waals surface area contributed by atoms with Gasteiger partial charge < -0.3 is 9.42 Å². The van der Waals surface area contributed by atoms with Crippen LogP contribution >= 0.6 is 0 Å². The number of carbonyl (C=O) groups is 1. The number of hydrogen-bond donors (Lipinski definition) is 1. The molecule has 8 heteroatoms. The van der Waals surface area contributed by atoms with E-state index in [0.717, 1.165) is 30.8 Å². The van der Waals surface area contributed by atoms with Gasteiger partial charge in [-0.25, -0.2) is 4.39 Å². The number of aromatic nitrogens is 4. The molecule has 0 spiro atoms. The molecule has 2 aromatic heterocycles. The monoisotopic (exact) mass is 383 g/mol. The zero-order valence-electron chi connectivity index (χ0n) is 15.9. The van der Waals surface area contributed by atoms with Crippen molar-refractivity contribution >= 4 is 5.91 Å². The van der Waals surface area contributed by atoms with Gasteiger partial charge in [-0.3, -0.25) is 9.89 Å². The van der Waals surface area contributed by atoms with Gasteiger partial charge in [-0.1, -0.05) is 17.3 Å². The van der Waals surface area contributed by atoms with Crippen molar-refractivity contribution in [2.45, 2.75) is 33.1 Å². The van der Waals surface area contributed by atoms with Gasteiger partial charge in [-0.15, -0.1) is 0 Å². The quantitative estimate of drug-likeness (QED) is 0.747. The number of H-pyrrole nitrogens is 1. The van der Waals surface area contributed by atoms with Gasteiger partial charge in [-0.05, 0) is 44.7 Å². The van der Waals surface area contributed by atoms with Crippen molar-refractivity contribution in [1.29, 1.82) is 0 Å². The molecule has 1 saturated heterocycles. The van der Waals surface area contributed by atoms with Gasteiger partial charge in [0, 0.05) is 25.2 Å². The molecular formula is C20H22FN5O2. The van der Waals surface area contributed by atoms with Gasteiger partial charge in [0.05, 0.1) is 16.8 Å². The molecule has 3 aromatic rings. The molecule has 146 valence electrons. The number of amides is 1. The van der Waals surface area contributed by atoms with Crippen molar-refractivity contribution in [1.82, 2.24) is 25.2 Å². The van der Waals surface area contributed by atoms with Crippen LogP contribution in [-0.2, 0) is 6.42 Å². The molecule has 1 aliphatic rings. The largest absolute Gasteiger partial charge is 0.339 e. The van der Waals surface area contributed by atoms with E-state index in [1.54, 1.807) is 18.2 Å². The maximum absolute atomic E-state index is 13.9. The highest BCUT2D eigenvalue weighted by molar-refractivity contribution is 5.96. The van der Waals surface area contributed by atoms with Gasteiger partial charge in [0.1, 0.15) is 5.82 Å². The lowest BCUT2D eigenvalue weighted by atomic mass is 9.94. The third-order valence-electron chi connectivity index (χ3n) is 5.19. The first-order valence-corrected chi connectivity index (χ1v) is 9.41. The predicted molar refractivity (Wildman–Crippen MR) is 100 cm³/mol. The van der Waals surface area contributed by atoms with Crippen LogP contribution in [0.5, 0.6) is 0 Å². The second kappa shape index (κ2) is 7.53.